The number of carboxylic acid groups (broad SMARTS) is 1. The Balaban J connectivity index is 1.96. The van der Waals surface area contributed by atoms with E-state index in [2.05, 4.69) is 15.3 Å². The maximum Gasteiger partial charge on any atom is 0.326 e. The molecule has 1 atom stereocenters. The van der Waals surface area contributed by atoms with E-state index in [-0.39, 0.29) is 17.7 Å². The van der Waals surface area contributed by atoms with Crippen LogP contribution in [0.5, 0.6) is 0 Å². The first-order chi connectivity index (χ1) is 11.8. The van der Waals surface area contributed by atoms with E-state index >= 15 is 0 Å². The number of thioether (sulfide) groups is 1. The molecule has 1 unspecified atom stereocenters. The molecule has 0 aliphatic rings. The molecule has 0 aliphatic heterocycles. The SMILES string of the molecule is Cc1cc(C)nc(SCC(=O)NC(Cc2ccccc2F)C(=O)O)n1. The molecule has 1 aromatic carbocycles. The minimum atomic E-state index is -1.22. The third-order valence-corrected chi connectivity index (χ3v) is 4.16. The van der Waals surface area contributed by atoms with E-state index in [0.717, 1.165) is 23.1 Å². The number of aliphatic carboxylic acids is 1. The summed E-state index contributed by atoms with van der Waals surface area (Å²) < 4.78 is 13.7. The maximum absolute atomic E-state index is 13.7. The second-order valence-corrected chi connectivity index (χ2v) is 6.42. The van der Waals surface area contributed by atoms with Gasteiger partial charge >= 0.3 is 5.97 Å². The molecule has 2 rings (SSSR count). The summed E-state index contributed by atoms with van der Waals surface area (Å²) in [5, 5.41) is 12.1. The zero-order chi connectivity index (χ0) is 18.4. The van der Waals surface area contributed by atoms with Gasteiger partial charge in [0.15, 0.2) is 5.16 Å². The number of nitrogens with one attached hydrogen (secondary N) is 1. The van der Waals surface area contributed by atoms with Crippen molar-refractivity contribution in [2.75, 3.05) is 5.75 Å². The van der Waals surface area contributed by atoms with Gasteiger partial charge in [-0.05, 0) is 31.5 Å². The number of nitrogens with zero attached hydrogens (tertiary/aromatic N) is 2. The number of hydrogen-bond donors (Lipinski definition) is 2. The molecule has 0 fully saturated rings. The average molecular weight is 363 g/mol. The van der Waals surface area contributed by atoms with Crippen LogP contribution in [0, 0.1) is 19.7 Å². The van der Waals surface area contributed by atoms with Gasteiger partial charge in [-0.1, -0.05) is 30.0 Å². The number of amides is 1. The van der Waals surface area contributed by atoms with E-state index in [1.54, 1.807) is 6.07 Å². The van der Waals surface area contributed by atoms with Crippen LogP contribution in [0.25, 0.3) is 0 Å². The van der Waals surface area contributed by atoms with Gasteiger partial charge in [0.1, 0.15) is 11.9 Å². The van der Waals surface area contributed by atoms with Crippen LogP contribution in [-0.2, 0) is 16.0 Å². The lowest BCUT2D eigenvalue weighted by Crippen LogP contribution is -2.43. The highest BCUT2D eigenvalue weighted by Gasteiger charge is 2.22. The highest BCUT2D eigenvalue weighted by Crippen LogP contribution is 2.14. The van der Waals surface area contributed by atoms with Crippen LogP contribution in [0.15, 0.2) is 35.5 Å². The van der Waals surface area contributed by atoms with Gasteiger partial charge in [0.25, 0.3) is 0 Å². The standard InChI is InChI=1S/C17H18FN3O3S/c1-10-7-11(2)20-17(19-10)25-9-15(22)21-14(16(23)24)8-12-5-3-4-6-13(12)18/h3-7,14H,8-9H2,1-2H3,(H,21,22)(H,23,24). The molecular weight excluding hydrogens is 345 g/mol. The van der Waals surface area contributed by atoms with E-state index in [1.807, 2.05) is 19.9 Å². The van der Waals surface area contributed by atoms with E-state index in [9.17, 15) is 19.1 Å². The summed E-state index contributed by atoms with van der Waals surface area (Å²) in [6, 6.07) is 6.50. The summed E-state index contributed by atoms with van der Waals surface area (Å²) in [7, 11) is 0. The van der Waals surface area contributed by atoms with Gasteiger partial charge < -0.3 is 10.4 Å². The zero-order valence-corrected chi connectivity index (χ0v) is 14.6. The van der Waals surface area contributed by atoms with Crippen molar-refractivity contribution >= 4 is 23.6 Å². The minimum absolute atomic E-state index is 0.0239. The van der Waals surface area contributed by atoms with Crippen molar-refractivity contribution in [2.45, 2.75) is 31.5 Å². The smallest absolute Gasteiger partial charge is 0.326 e. The number of halogens is 1. The molecule has 1 heterocycles. The Morgan fingerprint density at radius 1 is 1.24 bits per heavy atom. The van der Waals surface area contributed by atoms with Crippen LogP contribution in [0.1, 0.15) is 17.0 Å². The van der Waals surface area contributed by atoms with E-state index in [4.69, 9.17) is 0 Å². The second kappa shape index (κ2) is 8.57. The summed E-state index contributed by atoms with van der Waals surface area (Å²) in [5.41, 5.74) is 1.82. The average Bonchev–Trinajstić information content (AvgIpc) is 2.53. The van der Waals surface area contributed by atoms with Crippen molar-refractivity contribution in [3.05, 3.63) is 53.1 Å². The van der Waals surface area contributed by atoms with Gasteiger partial charge in [0.05, 0.1) is 5.75 Å². The molecule has 0 bridgehead atoms. The second-order valence-electron chi connectivity index (χ2n) is 5.48. The highest BCUT2D eigenvalue weighted by atomic mass is 32.2. The van der Waals surface area contributed by atoms with Crippen molar-refractivity contribution in [1.29, 1.82) is 0 Å². The lowest BCUT2D eigenvalue weighted by molar-refractivity contribution is -0.141. The topological polar surface area (TPSA) is 92.2 Å². The van der Waals surface area contributed by atoms with E-state index in [1.165, 1.54) is 18.2 Å². The Bertz CT molecular complexity index is 765. The molecule has 0 aliphatic carbocycles. The molecule has 2 aromatic rings. The molecule has 1 aromatic heterocycles. The number of rotatable bonds is 7. The van der Waals surface area contributed by atoms with Crippen molar-refractivity contribution in [1.82, 2.24) is 15.3 Å². The molecule has 132 valence electrons. The number of benzene rings is 1. The fourth-order valence-corrected chi connectivity index (χ4v) is 2.97. The summed E-state index contributed by atoms with van der Waals surface area (Å²) in [4.78, 5) is 31.8. The van der Waals surface area contributed by atoms with Crippen LogP contribution < -0.4 is 5.32 Å². The maximum atomic E-state index is 13.7. The Kier molecular flexibility index (Phi) is 6.46. The molecule has 0 saturated heterocycles. The number of carboxylic acids is 1. The molecule has 0 radical (unpaired) electrons. The molecule has 0 spiro atoms. The van der Waals surface area contributed by atoms with Gasteiger partial charge in [-0.25, -0.2) is 19.2 Å². The number of aryl methyl sites for hydroxylation is 2. The molecule has 0 saturated carbocycles. The largest absolute Gasteiger partial charge is 0.480 e. The highest BCUT2D eigenvalue weighted by molar-refractivity contribution is 7.99. The lowest BCUT2D eigenvalue weighted by Gasteiger charge is -2.15. The predicted molar refractivity (Wildman–Crippen MR) is 91.9 cm³/mol. The lowest BCUT2D eigenvalue weighted by atomic mass is 10.1. The monoisotopic (exact) mass is 363 g/mol. The van der Waals surface area contributed by atoms with E-state index in [0.29, 0.717) is 5.16 Å². The fourth-order valence-electron chi connectivity index (χ4n) is 2.21. The molecule has 2 N–H and O–H groups in total. The zero-order valence-electron chi connectivity index (χ0n) is 13.8. The summed E-state index contributed by atoms with van der Waals surface area (Å²) >= 11 is 1.12. The normalized spacial score (nSPS) is 11.8. The summed E-state index contributed by atoms with van der Waals surface area (Å²) in [6.45, 7) is 3.65. The van der Waals surface area contributed by atoms with Gasteiger partial charge in [-0.15, -0.1) is 0 Å². The molecule has 8 heteroatoms. The Labute approximate surface area is 148 Å². The molecule has 25 heavy (non-hydrogen) atoms. The van der Waals surface area contributed by atoms with Crippen molar-refractivity contribution in [3.63, 3.8) is 0 Å². The number of hydrogen-bond acceptors (Lipinski definition) is 5. The van der Waals surface area contributed by atoms with Gasteiger partial charge in [-0.2, -0.15) is 0 Å². The Morgan fingerprint density at radius 2 is 1.88 bits per heavy atom. The minimum Gasteiger partial charge on any atom is -0.480 e. The van der Waals surface area contributed by atoms with Crippen LogP contribution >= 0.6 is 11.8 Å². The molecular formula is C17H18FN3O3S. The van der Waals surface area contributed by atoms with E-state index < -0.39 is 23.7 Å². The van der Waals surface area contributed by atoms with Crippen LogP contribution in [0.4, 0.5) is 4.39 Å². The van der Waals surface area contributed by atoms with Gasteiger partial charge in [0, 0.05) is 17.8 Å². The van der Waals surface area contributed by atoms with Crippen LogP contribution in [-0.4, -0.2) is 38.7 Å². The molecule has 1 amide bonds. The third kappa shape index (κ3) is 5.82. The fraction of sp³-hybridized carbons (Fsp3) is 0.294. The summed E-state index contributed by atoms with van der Waals surface area (Å²) in [6.07, 6.45) is -0.127. The first kappa shape index (κ1) is 18.9. The Hall–Kier alpha value is -2.48. The van der Waals surface area contributed by atoms with Crippen molar-refractivity contribution in [2.24, 2.45) is 0 Å². The number of aromatic nitrogens is 2. The Morgan fingerprint density at radius 3 is 2.48 bits per heavy atom. The first-order valence-corrected chi connectivity index (χ1v) is 8.54. The first-order valence-electron chi connectivity index (χ1n) is 7.56. The third-order valence-electron chi connectivity index (χ3n) is 3.31. The van der Waals surface area contributed by atoms with Crippen molar-refractivity contribution in [3.8, 4) is 0 Å². The summed E-state index contributed by atoms with van der Waals surface area (Å²) in [5.74, 6) is -2.22. The number of carbonyl (C=O) groups excluding carboxylic acids is 1. The predicted octanol–water partition coefficient (Wildman–Crippen LogP) is 2.14. The van der Waals surface area contributed by atoms with Crippen LogP contribution in [0.2, 0.25) is 0 Å². The number of carbonyl (C=O) groups is 2. The molecule has 6 nitrogen and oxygen atoms in total. The quantitative estimate of drug-likeness (QED) is 0.578. The van der Waals surface area contributed by atoms with Gasteiger partial charge in [0.2, 0.25) is 5.91 Å². The van der Waals surface area contributed by atoms with Crippen LogP contribution in [0.3, 0.4) is 0 Å². The van der Waals surface area contributed by atoms with Gasteiger partial charge in [-0.3, -0.25) is 4.79 Å². The van der Waals surface area contributed by atoms with Crippen molar-refractivity contribution < 1.29 is 19.1 Å².